The van der Waals surface area contributed by atoms with Crippen molar-refractivity contribution in [1.82, 2.24) is 5.32 Å². The van der Waals surface area contributed by atoms with E-state index in [1.165, 1.54) is 30.3 Å². The minimum absolute atomic E-state index is 0.00949. The van der Waals surface area contributed by atoms with Crippen LogP contribution >= 0.6 is 15.9 Å². The summed E-state index contributed by atoms with van der Waals surface area (Å²) in [4.78, 5) is 11.9. The van der Waals surface area contributed by atoms with Crippen LogP contribution in [0.3, 0.4) is 0 Å². The minimum Gasteiger partial charge on any atom is -0.435 e. The third-order valence-corrected chi connectivity index (χ3v) is 3.16. The fraction of sp³-hybridized carbons (Fsp3) is 0.133. The standard InChI is InChI=1S/C15H11BrF3NO2/c16-11-5-10(6-12(17)7-11)14(21)20-8-9-2-1-3-13(4-9)22-15(18)19/h1-7,15H,8H2,(H,20,21). The van der Waals surface area contributed by atoms with Gasteiger partial charge >= 0.3 is 6.61 Å². The van der Waals surface area contributed by atoms with E-state index in [-0.39, 0.29) is 17.9 Å². The summed E-state index contributed by atoms with van der Waals surface area (Å²) in [6.45, 7) is -2.80. The Kier molecular flexibility index (Phi) is 5.43. The van der Waals surface area contributed by atoms with Crippen molar-refractivity contribution in [1.29, 1.82) is 0 Å². The van der Waals surface area contributed by atoms with Gasteiger partial charge in [0.1, 0.15) is 11.6 Å². The highest BCUT2D eigenvalue weighted by molar-refractivity contribution is 9.10. The van der Waals surface area contributed by atoms with E-state index >= 15 is 0 Å². The molecule has 116 valence electrons. The second-order valence-electron chi connectivity index (χ2n) is 4.37. The van der Waals surface area contributed by atoms with E-state index in [0.717, 1.165) is 6.07 Å². The van der Waals surface area contributed by atoms with E-state index < -0.39 is 18.3 Å². The molecule has 2 aromatic carbocycles. The van der Waals surface area contributed by atoms with E-state index in [4.69, 9.17) is 0 Å². The third-order valence-electron chi connectivity index (χ3n) is 2.70. The summed E-state index contributed by atoms with van der Waals surface area (Å²) in [6, 6.07) is 9.81. The summed E-state index contributed by atoms with van der Waals surface area (Å²) in [7, 11) is 0. The first-order valence-electron chi connectivity index (χ1n) is 6.22. The van der Waals surface area contributed by atoms with Crippen LogP contribution in [0, 0.1) is 5.82 Å². The third kappa shape index (κ3) is 4.77. The molecular formula is C15H11BrF3NO2. The molecule has 0 spiro atoms. The first-order valence-corrected chi connectivity index (χ1v) is 7.01. The Labute approximate surface area is 133 Å². The van der Waals surface area contributed by atoms with E-state index in [0.29, 0.717) is 10.0 Å². The molecule has 0 bridgehead atoms. The Hall–Kier alpha value is -2.02. The molecule has 1 amide bonds. The van der Waals surface area contributed by atoms with Crippen molar-refractivity contribution in [3.63, 3.8) is 0 Å². The molecule has 0 aliphatic carbocycles. The van der Waals surface area contributed by atoms with Gasteiger partial charge in [0, 0.05) is 16.6 Å². The van der Waals surface area contributed by atoms with E-state index in [1.54, 1.807) is 6.07 Å². The van der Waals surface area contributed by atoms with Gasteiger partial charge in [-0.15, -0.1) is 0 Å². The predicted molar refractivity (Wildman–Crippen MR) is 78.3 cm³/mol. The molecule has 2 aromatic rings. The fourth-order valence-electron chi connectivity index (χ4n) is 1.80. The average molecular weight is 374 g/mol. The molecule has 0 aromatic heterocycles. The molecule has 2 rings (SSSR count). The monoisotopic (exact) mass is 373 g/mol. The lowest BCUT2D eigenvalue weighted by Crippen LogP contribution is -2.23. The maximum atomic E-state index is 13.2. The SMILES string of the molecule is O=C(NCc1cccc(OC(F)F)c1)c1cc(F)cc(Br)c1. The van der Waals surface area contributed by atoms with Crippen molar-refractivity contribution < 1.29 is 22.7 Å². The molecule has 1 N–H and O–H groups in total. The number of alkyl halides is 2. The van der Waals surface area contributed by atoms with Gasteiger partial charge in [-0.05, 0) is 35.9 Å². The van der Waals surface area contributed by atoms with Crippen LogP contribution in [-0.2, 0) is 6.54 Å². The molecular weight excluding hydrogens is 363 g/mol. The van der Waals surface area contributed by atoms with Gasteiger partial charge in [-0.3, -0.25) is 4.79 Å². The molecule has 0 heterocycles. The molecule has 0 atom stereocenters. The van der Waals surface area contributed by atoms with Crippen molar-refractivity contribution in [3.05, 3.63) is 63.9 Å². The van der Waals surface area contributed by atoms with Crippen LogP contribution in [0.15, 0.2) is 46.9 Å². The smallest absolute Gasteiger partial charge is 0.387 e. The zero-order valence-corrected chi connectivity index (χ0v) is 12.7. The summed E-state index contributed by atoms with van der Waals surface area (Å²) in [5, 5.41) is 2.58. The minimum atomic E-state index is -2.91. The number of hydrogen-bond acceptors (Lipinski definition) is 2. The normalized spacial score (nSPS) is 10.6. The van der Waals surface area contributed by atoms with Gasteiger partial charge < -0.3 is 10.1 Å². The van der Waals surface area contributed by atoms with Gasteiger partial charge in [0.05, 0.1) is 0 Å². The Morgan fingerprint density at radius 1 is 1.23 bits per heavy atom. The predicted octanol–water partition coefficient (Wildman–Crippen LogP) is 4.12. The number of benzene rings is 2. The highest BCUT2D eigenvalue weighted by Crippen LogP contribution is 2.17. The molecule has 0 radical (unpaired) electrons. The molecule has 0 saturated carbocycles. The summed E-state index contributed by atoms with van der Waals surface area (Å²) in [5.41, 5.74) is 0.744. The number of halogens is 4. The number of hydrogen-bond donors (Lipinski definition) is 1. The van der Waals surface area contributed by atoms with Gasteiger partial charge in [0.2, 0.25) is 0 Å². The molecule has 3 nitrogen and oxygen atoms in total. The second-order valence-corrected chi connectivity index (χ2v) is 5.28. The fourth-order valence-corrected chi connectivity index (χ4v) is 2.27. The zero-order valence-electron chi connectivity index (χ0n) is 11.2. The highest BCUT2D eigenvalue weighted by atomic mass is 79.9. The van der Waals surface area contributed by atoms with Crippen LogP contribution in [0.5, 0.6) is 5.75 Å². The Balaban J connectivity index is 2.01. The summed E-state index contributed by atoms with van der Waals surface area (Å²) in [6.07, 6.45) is 0. The van der Waals surface area contributed by atoms with E-state index in [9.17, 15) is 18.0 Å². The molecule has 0 unspecified atom stereocenters. The number of carbonyl (C=O) groups is 1. The Morgan fingerprint density at radius 3 is 2.68 bits per heavy atom. The summed E-state index contributed by atoms with van der Waals surface area (Å²) in [5.74, 6) is -0.998. The molecule has 7 heteroatoms. The first kappa shape index (κ1) is 16.4. The van der Waals surface area contributed by atoms with Gasteiger partial charge in [-0.1, -0.05) is 28.1 Å². The van der Waals surface area contributed by atoms with Crippen molar-refractivity contribution in [3.8, 4) is 5.75 Å². The molecule has 0 aliphatic rings. The van der Waals surface area contributed by atoms with E-state index in [2.05, 4.69) is 26.0 Å². The topological polar surface area (TPSA) is 38.3 Å². The lowest BCUT2D eigenvalue weighted by Gasteiger charge is -2.08. The lowest BCUT2D eigenvalue weighted by atomic mass is 10.2. The Bertz CT molecular complexity index is 659. The van der Waals surface area contributed by atoms with Gasteiger partial charge in [0.15, 0.2) is 0 Å². The second kappa shape index (κ2) is 7.31. The average Bonchev–Trinajstić information content (AvgIpc) is 2.43. The van der Waals surface area contributed by atoms with Crippen LogP contribution < -0.4 is 10.1 Å². The van der Waals surface area contributed by atoms with Crippen LogP contribution in [-0.4, -0.2) is 12.5 Å². The molecule has 0 aliphatic heterocycles. The van der Waals surface area contributed by atoms with Crippen LogP contribution in [0.4, 0.5) is 13.2 Å². The largest absolute Gasteiger partial charge is 0.435 e. The number of ether oxygens (including phenoxy) is 1. The van der Waals surface area contributed by atoms with Crippen LogP contribution in [0.25, 0.3) is 0 Å². The van der Waals surface area contributed by atoms with Crippen LogP contribution in [0.1, 0.15) is 15.9 Å². The van der Waals surface area contributed by atoms with Gasteiger partial charge in [-0.2, -0.15) is 8.78 Å². The zero-order chi connectivity index (χ0) is 16.1. The van der Waals surface area contributed by atoms with Gasteiger partial charge in [0.25, 0.3) is 5.91 Å². The number of carbonyl (C=O) groups excluding carboxylic acids is 1. The number of nitrogens with one attached hydrogen (secondary N) is 1. The number of amides is 1. The highest BCUT2D eigenvalue weighted by Gasteiger charge is 2.09. The first-order chi connectivity index (χ1) is 10.4. The van der Waals surface area contributed by atoms with Crippen molar-refractivity contribution in [2.45, 2.75) is 13.2 Å². The maximum absolute atomic E-state index is 13.2. The summed E-state index contributed by atoms with van der Waals surface area (Å²) < 4.78 is 42.2. The van der Waals surface area contributed by atoms with Crippen molar-refractivity contribution in [2.75, 3.05) is 0 Å². The van der Waals surface area contributed by atoms with Crippen molar-refractivity contribution in [2.24, 2.45) is 0 Å². The van der Waals surface area contributed by atoms with E-state index in [1.807, 2.05) is 0 Å². The lowest BCUT2D eigenvalue weighted by molar-refractivity contribution is -0.0498. The quantitative estimate of drug-likeness (QED) is 0.855. The maximum Gasteiger partial charge on any atom is 0.387 e. The van der Waals surface area contributed by atoms with Crippen molar-refractivity contribution >= 4 is 21.8 Å². The summed E-state index contributed by atoms with van der Waals surface area (Å²) >= 11 is 3.10. The Morgan fingerprint density at radius 2 is 2.00 bits per heavy atom. The van der Waals surface area contributed by atoms with Gasteiger partial charge in [-0.25, -0.2) is 4.39 Å². The van der Waals surface area contributed by atoms with Crippen LogP contribution in [0.2, 0.25) is 0 Å². The molecule has 0 saturated heterocycles. The molecule has 0 fully saturated rings. The number of rotatable bonds is 5. The molecule has 22 heavy (non-hydrogen) atoms.